The average Bonchev–Trinajstić information content (AvgIpc) is 2.36. The zero-order valence-corrected chi connectivity index (χ0v) is 10.9. The van der Waals surface area contributed by atoms with Crippen molar-refractivity contribution in [2.45, 2.75) is 33.1 Å². The second-order valence-corrected chi connectivity index (χ2v) is 4.12. The van der Waals surface area contributed by atoms with Crippen LogP contribution in [0.15, 0.2) is 24.3 Å². The van der Waals surface area contributed by atoms with Crippen molar-refractivity contribution in [3.8, 4) is 5.75 Å². The number of hydrogen-bond donors (Lipinski definition) is 1. The van der Waals surface area contributed by atoms with Gasteiger partial charge in [0, 0.05) is 6.42 Å². The Balaban J connectivity index is 2.34. The topological polar surface area (TPSA) is 55.4 Å². The molecule has 18 heavy (non-hydrogen) atoms. The van der Waals surface area contributed by atoms with Gasteiger partial charge in [-0.2, -0.15) is 0 Å². The van der Waals surface area contributed by atoms with Crippen LogP contribution in [-0.4, -0.2) is 18.4 Å². The van der Waals surface area contributed by atoms with Crippen LogP contribution < -0.4 is 10.1 Å². The van der Waals surface area contributed by atoms with Gasteiger partial charge in [0.1, 0.15) is 12.3 Å². The van der Waals surface area contributed by atoms with E-state index in [9.17, 15) is 9.59 Å². The molecule has 0 aliphatic heterocycles. The molecule has 0 aliphatic rings. The van der Waals surface area contributed by atoms with Crippen molar-refractivity contribution in [1.29, 1.82) is 0 Å². The highest BCUT2D eigenvalue weighted by molar-refractivity contribution is 5.82. The molecular weight excluding hydrogens is 230 g/mol. The smallest absolute Gasteiger partial charge is 0.330 e. The first-order valence-electron chi connectivity index (χ1n) is 6.16. The van der Waals surface area contributed by atoms with Crippen LogP contribution in [0.1, 0.15) is 31.7 Å². The van der Waals surface area contributed by atoms with Crippen molar-refractivity contribution >= 4 is 11.9 Å². The number of unbranched alkanes of at least 4 members (excludes halogenated alkanes) is 1. The molecule has 0 spiro atoms. The molecule has 4 heteroatoms. The summed E-state index contributed by atoms with van der Waals surface area (Å²) >= 11 is 0. The van der Waals surface area contributed by atoms with Crippen LogP contribution in [0.4, 0.5) is 0 Å². The van der Waals surface area contributed by atoms with Crippen LogP contribution in [0, 0.1) is 6.92 Å². The largest absolute Gasteiger partial charge is 0.425 e. The Morgan fingerprint density at radius 1 is 1.28 bits per heavy atom. The van der Waals surface area contributed by atoms with E-state index in [-0.39, 0.29) is 12.5 Å². The molecule has 0 unspecified atom stereocenters. The van der Waals surface area contributed by atoms with E-state index >= 15 is 0 Å². The molecule has 0 aliphatic carbocycles. The molecule has 0 radical (unpaired) electrons. The van der Waals surface area contributed by atoms with Crippen molar-refractivity contribution in [3.05, 3.63) is 29.8 Å². The number of para-hydroxylation sites is 1. The van der Waals surface area contributed by atoms with Crippen LogP contribution in [0.25, 0.3) is 0 Å². The van der Waals surface area contributed by atoms with E-state index < -0.39 is 5.97 Å². The number of nitrogens with one attached hydrogen (secondary N) is 1. The first-order valence-corrected chi connectivity index (χ1v) is 6.16. The lowest BCUT2D eigenvalue weighted by Gasteiger charge is -2.07. The summed E-state index contributed by atoms with van der Waals surface area (Å²) in [6.45, 7) is 3.79. The molecule has 1 N–H and O–H groups in total. The molecule has 98 valence electrons. The normalized spacial score (nSPS) is 9.89. The molecule has 1 aromatic carbocycles. The number of hydrogen-bond acceptors (Lipinski definition) is 3. The van der Waals surface area contributed by atoms with E-state index in [4.69, 9.17) is 4.74 Å². The highest BCUT2D eigenvalue weighted by atomic mass is 16.5. The second-order valence-electron chi connectivity index (χ2n) is 4.12. The summed E-state index contributed by atoms with van der Waals surface area (Å²) in [5.74, 6) is -0.0296. The molecule has 0 aromatic heterocycles. The van der Waals surface area contributed by atoms with Crippen molar-refractivity contribution in [2.75, 3.05) is 6.54 Å². The SMILES string of the molecule is CCCCC(=O)NCC(=O)Oc1ccccc1C. The molecule has 0 fully saturated rings. The Morgan fingerprint density at radius 3 is 2.67 bits per heavy atom. The molecule has 1 amide bonds. The van der Waals surface area contributed by atoms with Gasteiger partial charge in [-0.05, 0) is 25.0 Å². The van der Waals surface area contributed by atoms with Crippen LogP contribution in [0.3, 0.4) is 0 Å². The summed E-state index contributed by atoms with van der Waals surface area (Å²) in [6.07, 6.45) is 2.24. The van der Waals surface area contributed by atoms with Gasteiger partial charge in [0.2, 0.25) is 5.91 Å². The molecule has 1 aromatic rings. The minimum atomic E-state index is -0.450. The maximum Gasteiger partial charge on any atom is 0.330 e. The number of ether oxygens (including phenoxy) is 1. The number of rotatable bonds is 6. The van der Waals surface area contributed by atoms with Gasteiger partial charge in [-0.3, -0.25) is 4.79 Å². The lowest BCUT2D eigenvalue weighted by atomic mass is 10.2. The zero-order chi connectivity index (χ0) is 13.4. The van der Waals surface area contributed by atoms with Crippen LogP contribution in [0.2, 0.25) is 0 Å². The Morgan fingerprint density at radius 2 is 2.00 bits per heavy atom. The van der Waals surface area contributed by atoms with Crippen LogP contribution in [-0.2, 0) is 9.59 Å². The molecule has 0 bridgehead atoms. The van der Waals surface area contributed by atoms with E-state index in [0.29, 0.717) is 12.2 Å². The van der Waals surface area contributed by atoms with Crippen molar-refractivity contribution in [3.63, 3.8) is 0 Å². The van der Waals surface area contributed by atoms with Crippen molar-refractivity contribution < 1.29 is 14.3 Å². The minimum Gasteiger partial charge on any atom is -0.425 e. The molecule has 0 atom stereocenters. The summed E-state index contributed by atoms with van der Waals surface area (Å²) in [4.78, 5) is 22.8. The standard InChI is InChI=1S/C14H19NO3/c1-3-4-9-13(16)15-10-14(17)18-12-8-6-5-7-11(12)2/h5-8H,3-4,9-10H2,1-2H3,(H,15,16). The first kappa shape index (κ1) is 14.2. The Labute approximate surface area is 107 Å². The van der Waals surface area contributed by atoms with Crippen molar-refractivity contribution in [2.24, 2.45) is 0 Å². The maximum atomic E-state index is 11.5. The molecule has 0 heterocycles. The highest BCUT2D eigenvalue weighted by Crippen LogP contribution is 2.15. The van der Waals surface area contributed by atoms with Gasteiger partial charge in [0.15, 0.2) is 0 Å². The predicted molar refractivity (Wildman–Crippen MR) is 69.3 cm³/mol. The fourth-order valence-corrected chi connectivity index (χ4v) is 1.43. The summed E-state index contributed by atoms with van der Waals surface area (Å²) in [6, 6.07) is 7.27. The van der Waals surface area contributed by atoms with E-state index in [1.165, 1.54) is 0 Å². The molecule has 0 saturated heterocycles. The third-order valence-electron chi connectivity index (χ3n) is 2.50. The van der Waals surface area contributed by atoms with Gasteiger partial charge in [-0.25, -0.2) is 4.79 Å². The first-order chi connectivity index (χ1) is 8.63. The number of carbonyl (C=O) groups excluding carboxylic acids is 2. The molecule has 1 rings (SSSR count). The molecule has 0 saturated carbocycles. The number of carbonyl (C=O) groups is 2. The van der Waals surface area contributed by atoms with Crippen LogP contribution in [0.5, 0.6) is 5.75 Å². The number of amides is 1. The highest BCUT2D eigenvalue weighted by Gasteiger charge is 2.08. The second kappa shape index (κ2) is 7.48. The summed E-state index contributed by atoms with van der Waals surface area (Å²) in [7, 11) is 0. The monoisotopic (exact) mass is 249 g/mol. The Hall–Kier alpha value is -1.84. The van der Waals surface area contributed by atoms with Gasteiger partial charge in [-0.15, -0.1) is 0 Å². The van der Waals surface area contributed by atoms with E-state index in [1.54, 1.807) is 12.1 Å². The van der Waals surface area contributed by atoms with Gasteiger partial charge in [0.05, 0.1) is 0 Å². The lowest BCUT2D eigenvalue weighted by Crippen LogP contribution is -2.31. The third kappa shape index (κ3) is 4.99. The third-order valence-corrected chi connectivity index (χ3v) is 2.50. The summed E-state index contributed by atoms with van der Waals surface area (Å²) in [5, 5.41) is 2.54. The maximum absolute atomic E-state index is 11.5. The van der Waals surface area contributed by atoms with Crippen LogP contribution >= 0.6 is 0 Å². The van der Waals surface area contributed by atoms with Gasteiger partial charge in [-0.1, -0.05) is 31.5 Å². The lowest BCUT2D eigenvalue weighted by molar-refractivity contribution is -0.135. The minimum absolute atomic E-state index is 0.0864. The quantitative estimate of drug-likeness (QED) is 0.621. The van der Waals surface area contributed by atoms with Gasteiger partial charge >= 0.3 is 5.97 Å². The molecule has 4 nitrogen and oxygen atoms in total. The van der Waals surface area contributed by atoms with E-state index in [2.05, 4.69) is 5.32 Å². The summed E-state index contributed by atoms with van der Waals surface area (Å²) in [5.41, 5.74) is 0.892. The molecular formula is C14H19NO3. The Kier molecular flexibility index (Phi) is 5.91. The number of aryl methyl sites for hydroxylation is 1. The predicted octanol–water partition coefficient (Wildman–Crippen LogP) is 2.21. The fourth-order valence-electron chi connectivity index (χ4n) is 1.43. The van der Waals surface area contributed by atoms with Gasteiger partial charge < -0.3 is 10.1 Å². The van der Waals surface area contributed by atoms with E-state index in [0.717, 1.165) is 18.4 Å². The number of esters is 1. The summed E-state index contributed by atoms with van der Waals surface area (Å²) < 4.78 is 5.15. The van der Waals surface area contributed by atoms with Gasteiger partial charge in [0.25, 0.3) is 0 Å². The number of benzene rings is 1. The average molecular weight is 249 g/mol. The fraction of sp³-hybridized carbons (Fsp3) is 0.429. The zero-order valence-electron chi connectivity index (χ0n) is 10.9. The van der Waals surface area contributed by atoms with E-state index in [1.807, 2.05) is 26.0 Å². The Bertz CT molecular complexity index is 415. The van der Waals surface area contributed by atoms with Crippen molar-refractivity contribution in [1.82, 2.24) is 5.32 Å².